The van der Waals surface area contributed by atoms with Crippen LogP contribution in [0.25, 0.3) is 16.9 Å². The number of nitrogens with zero attached hydrogens (tertiary/aromatic N) is 5. The van der Waals surface area contributed by atoms with Crippen LogP contribution in [-0.4, -0.2) is 82.7 Å². The molecule has 0 unspecified atom stereocenters. The summed E-state index contributed by atoms with van der Waals surface area (Å²) >= 11 is 0. The van der Waals surface area contributed by atoms with Crippen LogP contribution in [0, 0.1) is 12.8 Å². The molecule has 46 heavy (non-hydrogen) atoms. The third kappa shape index (κ3) is 7.54. The highest BCUT2D eigenvalue weighted by Gasteiger charge is 2.32. The molecular formula is C33H36F3N7O3. The summed E-state index contributed by atoms with van der Waals surface area (Å²) in [6, 6.07) is 12.3. The molecule has 0 radical (unpaired) electrons. The third-order valence-electron chi connectivity index (χ3n) is 8.36. The Labute approximate surface area is 264 Å². The highest BCUT2D eigenvalue weighted by atomic mass is 19.4. The van der Waals surface area contributed by atoms with E-state index in [9.17, 15) is 22.8 Å². The molecule has 2 aromatic carbocycles. The second kappa shape index (κ2) is 13.2. The van der Waals surface area contributed by atoms with Crippen molar-refractivity contribution >= 4 is 29.0 Å². The Morgan fingerprint density at radius 1 is 0.978 bits per heavy atom. The minimum absolute atomic E-state index is 0.0416. The molecule has 1 saturated heterocycles. The first-order valence-electron chi connectivity index (χ1n) is 15.3. The highest BCUT2D eigenvalue weighted by Crippen LogP contribution is 2.33. The van der Waals surface area contributed by atoms with E-state index in [0.717, 1.165) is 63.3 Å². The van der Waals surface area contributed by atoms with Crippen molar-refractivity contribution in [3.63, 3.8) is 0 Å². The topological polar surface area (TPSA) is 104 Å². The molecule has 3 heterocycles. The largest absolute Gasteiger partial charge is 0.416 e. The van der Waals surface area contributed by atoms with E-state index in [1.807, 2.05) is 6.92 Å². The maximum Gasteiger partial charge on any atom is 0.416 e. The van der Waals surface area contributed by atoms with Gasteiger partial charge in [-0.05, 0) is 73.4 Å². The Bertz CT molecular complexity index is 1740. The molecule has 0 atom stereocenters. The molecule has 6 rings (SSSR count). The van der Waals surface area contributed by atoms with Crippen molar-refractivity contribution in [2.75, 3.05) is 57.1 Å². The molecule has 2 N–H and O–H groups in total. The number of imidazole rings is 1. The molecule has 1 aliphatic heterocycles. The van der Waals surface area contributed by atoms with Gasteiger partial charge in [-0.2, -0.15) is 18.3 Å². The number of ether oxygens (including phenoxy) is 1. The summed E-state index contributed by atoms with van der Waals surface area (Å²) in [5.74, 6) is -0.134. The molecule has 0 spiro atoms. The number of aromatic nitrogens is 3. The third-order valence-corrected chi connectivity index (χ3v) is 8.36. The van der Waals surface area contributed by atoms with Gasteiger partial charge in [-0.3, -0.25) is 19.4 Å². The number of aryl methyl sites for hydroxylation is 1. The van der Waals surface area contributed by atoms with Crippen molar-refractivity contribution in [1.82, 2.24) is 24.4 Å². The summed E-state index contributed by atoms with van der Waals surface area (Å²) < 4.78 is 48.3. The number of amides is 2. The molecule has 0 bridgehead atoms. The minimum Gasteiger partial charge on any atom is -0.383 e. The van der Waals surface area contributed by atoms with Gasteiger partial charge in [0.25, 0.3) is 5.91 Å². The van der Waals surface area contributed by atoms with Crippen LogP contribution in [-0.2, 0) is 22.3 Å². The van der Waals surface area contributed by atoms with E-state index in [-0.39, 0.29) is 23.1 Å². The number of anilines is 2. The van der Waals surface area contributed by atoms with Crippen molar-refractivity contribution in [3.05, 3.63) is 77.0 Å². The van der Waals surface area contributed by atoms with Crippen molar-refractivity contribution < 1.29 is 27.5 Å². The molecule has 4 aromatic rings. The number of rotatable bonds is 10. The lowest BCUT2D eigenvalue weighted by Gasteiger charge is -2.34. The quantitative estimate of drug-likeness (QED) is 0.250. The van der Waals surface area contributed by atoms with Crippen LogP contribution in [0.5, 0.6) is 0 Å². The summed E-state index contributed by atoms with van der Waals surface area (Å²) in [4.78, 5) is 34.3. The number of benzene rings is 2. The molecule has 2 amide bonds. The SMILES string of the molecule is COCCN1CCN(Cc2cc(NC(=O)c3ccc(C)c(-c4ccc5nc(NC(=O)C6CC6)cn5n4)c3)cc(C(F)(F)F)c2)CC1. The summed E-state index contributed by atoms with van der Waals surface area (Å²) in [7, 11) is 1.66. The Morgan fingerprint density at radius 2 is 1.74 bits per heavy atom. The average molecular weight is 636 g/mol. The summed E-state index contributed by atoms with van der Waals surface area (Å²) in [6.07, 6.45) is -1.16. The fourth-order valence-corrected chi connectivity index (χ4v) is 5.57. The Kier molecular flexibility index (Phi) is 9.07. The van der Waals surface area contributed by atoms with Crippen LogP contribution in [0.15, 0.2) is 54.7 Å². The van der Waals surface area contributed by atoms with Crippen LogP contribution in [0.3, 0.4) is 0 Å². The van der Waals surface area contributed by atoms with Crippen molar-refractivity contribution in [2.24, 2.45) is 5.92 Å². The van der Waals surface area contributed by atoms with E-state index in [4.69, 9.17) is 4.74 Å². The molecule has 13 heteroatoms. The Morgan fingerprint density at radius 3 is 2.46 bits per heavy atom. The van der Waals surface area contributed by atoms with Gasteiger partial charge in [0.15, 0.2) is 11.5 Å². The second-order valence-electron chi connectivity index (χ2n) is 11.9. The Hall–Kier alpha value is -4.33. The van der Waals surface area contributed by atoms with Crippen molar-refractivity contribution in [3.8, 4) is 11.3 Å². The monoisotopic (exact) mass is 635 g/mol. The molecule has 10 nitrogen and oxygen atoms in total. The first-order valence-corrected chi connectivity index (χ1v) is 15.3. The van der Waals surface area contributed by atoms with Gasteiger partial charge < -0.3 is 15.4 Å². The van der Waals surface area contributed by atoms with Gasteiger partial charge in [-0.25, -0.2) is 9.50 Å². The molecule has 242 valence electrons. The van der Waals surface area contributed by atoms with Crippen molar-refractivity contribution in [2.45, 2.75) is 32.5 Å². The lowest BCUT2D eigenvalue weighted by Crippen LogP contribution is -2.46. The number of nitrogens with one attached hydrogen (secondary N) is 2. The van der Waals surface area contributed by atoms with Crippen molar-refractivity contribution in [1.29, 1.82) is 0 Å². The summed E-state index contributed by atoms with van der Waals surface area (Å²) in [6.45, 7) is 6.75. The maximum atomic E-state index is 13.9. The van der Waals surface area contributed by atoms with E-state index in [1.54, 1.807) is 54.2 Å². The molecule has 1 aliphatic carbocycles. The number of piperazine rings is 1. The number of hydrogen-bond donors (Lipinski definition) is 2. The predicted molar refractivity (Wildman–Crippen MR) is 168 cm³/mol. The highest BCUT2D eigenvalue weighted by molar-refractivity contribution is 6.05. The first-order chi connectivity index (χ1) is 22.1. The van der Waals surface area contributed by atoms with Crippen LogP contribution in [0.2, 0.25) is 0 Å². The lowest BCUT2D eigenvalue weighted by atomic mass is 10.0. The van der Waals surface area contributed by atoms with Gasteiger partial charge in [-0.15, -0.1) is 0 Å². The van der Waals surface area contributed by atoms with Crippen LogP contribution >= 0.6 is 0 Å². The second-order valence-corrected chi connectivity index (χ2v) is 11.9. The maximum absolute atomic E-state index is 13.9. The first kappa shape index (κ1) is 31.6. The predicted octanol–water partition coefficient (Wildman–Crippen LogP) is 5.09. The number of alkyl halides is 3. The van der Waals surface area contributed by atoms with Gasteiger partial charge in [0, 0.05) is 69.1 Å². The number of carbonyl (C=O) groups excluding carboxylic acids is 2. The van der Waals surface area contributed by atoms with Gasteiger partial charge in [-0.1, -0.05) is 6.07 Å². The molecule has 2 aromatic heterocycles. The number of methoxy groups -OCH3 is 1. The van der Waals surface area contributed by atoms with E-state index in [0.29, 0.717) is 41.4 Å². The van der Waals surface area contributed by atoms with E-state index in [2.05, 4.69) is 30.5 Å². The van der Waals surface area contributed by atoms with Gasteiger partial charge in [0.1, 0.15) is 0 Å². The average Bonchev–Trinajstić information content (AvgIpc) is 3.80. The molecular weight excluding hydrogens is 599 g/mol. The van der Waals surface area contributed by atoms with Gasteiger partial charge in [0.05, 0.1) is 24.1 Å². The zero-order valence-electron chi connectivity index (χ0n) is 25.7. The number of carbonyl (C=O) groups is 2. The Balaban J connectivity index is 1.19. The normalized spacial score (nSPS) is 16.1. The molecule has 1 saturated carbocycles. The number of fused-ring (bicyclic) bond motifs is 1. The van der Waals surface area contributed by atoms with E-state index >= 15 is 0 Å². The zero-order valence-corrected chi connectivity index (χ0v) is 25.7. The zero-order chi connectivity index (χ0) is 32.4. The number of halogens is 3. The van der Waals surface area contributed by atoms with Gasteiger partial charge in [0.2, 0.25) is 5.91 Å². The van der Waals surface area contributed by atoms with E-state index < -0.39 is 17.6 Å². The summed E-state index contributed by atoms with van der Waals surface area (Å²) in [5.41, 5.74) is 2.68. The fraction of sp³-hybridized carbons (Fsp3) is 0.394. The van der Waals surface area contributed by atoms with Gasteiger partial charge >= 0.3 is 6.18 Å². The lowest BCUT2D eigenvalue weighted by molar-refractivity contribution is -0.137. The molecule has 2 fully saturated rings. The van der Waals surface area contributed by atoms with Crippen LogP contribution in [0.1, 0.15) is 39.9 Å². The fourth-order valence-electron chi connectivity index (χ4n) is 5.57. The minimum atomic E-state index is -4.57. The van der Waals surface area contributed by atoms with Crippen LogP contribution < -0.4 is 10.6 Å². The summed E-state index contributed by atoms with van der Waals surface area (Å²) in [5, 5.41) is 10.1. The van der Waals surface area contributed by atoms with Crippen LogP contribution in [0.4, 0.5) is 24.7 Å². The molecule has 2 aliphatic rings. The number of hydrogen-bond acceptors (Lipinski definition) is 7. The standard InChI is InChI=1S/C33H36F3N7O3/c1-21-3-4-24(17-27(21)28-7-8-30-38-29(20-43(30)40-28)39-31(44)23-5-6-23)32(45)37-26-16-22(15-25(18-26)33(34,35)36)19-42-11-9-41(10-12-42)13-14-46-2/h3-4,7-8,15-18,20,23H,5-6,9-14,19H2,1-2H3,(H,37,45)(H,39,44). The van der Waals surface area contributed by atoms with E-state index in [1.165, 1.54) is 0 Å². The smallest absolute Gasteiger partial charge is 0.383 e.